The molecule has 3 rings (SSSR count). The molecule has 2 saturated carbocycles. The van der Waals surface area contributed by atoms with Crippen molar-refractivity contribution in [3.8, 4) is 0 Å². The average Bonchev–Trinajstić information content (AvgIpc) is 2.76. The van der Waals surface area contributed by atoms with Gasteiger partial charge in [-0.15, -0.1) is 0 Å². The Hall–Kier alpha value is -1.43. The third-order valence-electron chi connectivity index (χ3n) is 4.06. The Morgan fingerprint density at radius 3 is 2.78 bits per heavy atom. The number of rotatable bonds is 3. The highest BCUT2D eigenvalue weighted by Crippen LogP contribution is 2.54. The molecule has 0 aliphatic heterocycles. The van der Waals surface area contributed by atoms with Gasteiger partial charge in [-0.25, -0.2) is 0 Å². The number of nitrogens with two attached hydrogens (primary N) is 1. The first-order valence-electron chi connectivity index (χ1n) is 6.19. The summed E-state index contributed by atoms with van der Waals surface area (Å²) >= 11 is 4.95. The fraction of sp³-hybridized carbons (Fsp3) is 0.583. The molecule has 18 heavy (non-hydrogen) atoms. The third-order valence-corrected chi connectivity index (χ3v) is 4.28. The summed E-state index contributed by atoms with van der Waals surface area (Å²) in [6.45, 7) is 0. The van der Waals surface area contributed by atoms with Crippen molar-refractivity contribution in [2.45, 2.75) is 19.3 Å². The second-order valence-electron chi connectivity index (χ2n) is 5.31. The molecule has 0 spiro atoms. The lowest BCUT2D eigenvalue weighted by Gasteiger charge is -2.13. The maximum absolute atomic E-state index is 12.2. The molecule has 96 valence electrons. The summed E-state index contributed by atoms with van der Waals surface area (Å²) in [6, 6.07) is 0. The van der Waals surface area contributed by atoms with Crippen LogP contribution < -0.4 is 11.1 Å². The zero-order valence-electron chi connectivity index (χ0n) is 10.2. The van der Waals surface area contributed by atoms with Crippen molar-refractivity contribution in [3.63, 3.8) is 0 Å². The molecule has 2 aliphatic carbocycles. The predicted octanol–water partition coefficient (Wildman–Crippen LogP) is 1.04. The highest BCUT2D eigenvalue weighted by molar-refractivity contribution is 7.80. The van der Waals surface area contributed by atoms with E-state index in [0.717, 1.165) is 24.7 Å². The molecule has 1 aromatic heterocycles. The number of nitrogens with zero attached hydrogens (tertiary/aromatic N) is 2. The summed E-state index contributed by atoms with van der Waals surface area (Å²) in [7, 11) is 1.77. The van der Waals surface area contributed by atoms with E-state index in [2.05, 4.69) is 10.4 Å². The van der Waals surface area contributed by atoms with Crippen LogP contribution in [0.2, 0.25) is 0 Å². The largest absolute Gasteiger partial charge is 0.389 e. The number of anilines is 1. The molecule has 1 aromatic rings. The minimum Gasteiger partial charge on any atom is -0.389 e. The van der Waals surface area contributed by atoms with E-state index in [1.165, 1.54) is 6.42 Å². The van der Waals surface area contributed by atoms with Crippen molar-refractivity contribution in [1.29, 1.82) is 0 Å². The smallest absolute Gasteiger partial charge is 0.228 e. The van der Waals surface area contributed by atoms with Gasteiger partial charge in [-0.2, -0.15) is 5.10 Å². The molecular weight excluding hydrogens is 248 g/mol. The maximum Gasteiger partial charge on any atom is 0.228 e. The van der Waals surface area contributed by atoms with Gasteiger partial charge >= 0.3 is 0 Å². The molecular formula is C12H16N4OS. The molecule has 6 heteroatoms. The molecule has 2 fully saturated rings. The predicted molar refractivity (Wildman–Crippen MR) is 72.0 cm³/mol. The molecule has 2 atom stereocenters. The first kappa shape index (κ1) is 11.6. The number of carbonyl (C=O) groups is 1. The van der Waals surface area contributed by atoms with Crippen molar-refractivity contribution in [2.75, 3.05) is 5.32 Å². The van der Waals surface area contributed by atoms with Crippen LogP contribution in [0.1, 0.15) is 24.8 Å². The van der Waals surface area contributed by atoms with Crippen LogP contribution in [0.4, 0.5) is 5.82 Å². The Labute approximate surface area is 111 Å². The van der Waals surface area contributed by atoms with Crippen LogP contribution in [0.15, 0.2) is 6.20 Å². The second kappa shape index (κ2) is 4.05. The third kappa shape index (κ3) is 1.90. The maximum atomic E-state index is 12.2. The summed E-state index contributed by atoms with van der Waals surface area (Å²) in [5, 5.41) is 6.99. The first-order chi connectivity index (χ1) is 8.56. The SMILES string of the molecule is Cn1ncc(C(N)=S)c1NC(=O)C1CC2CC2C1. The number of carbonyl (C=O) groups excluding carboxylic acids is 1. The summed E-state index contributed by atoms with van der Waals surface area (Å²) in [5.41, 5.74) is 6.24. The van der Waals surface area contributed by atoms with Crippen LogP contribution in [0, 0.1) is 17.8 Å². The van der Waals surface area contributed by atoms with Crippen molar-refractivity contribution in [3.05, 3.63) is 11.8 Å². The Morgan fingerprint density at radius 2 is 2.17 bits per heavy atom. The van der Waals surface area contributed by atoms with E-state index in [-0.39, 0.29) is 16.8 Å². The van der Waals surface area contributed by atoms with Gasteiger partial charge in [0.25, 0.3) is 0 Å². The van der Waals surface area contributed by atoms with Gasteiger partial charge in [0.1, 0.15) is 10.8 Å². The van der Waals surface area contributed by atoms with E-state index in [1.54, 1.807) is 17.9 Å². The van der Waals surface area contributed by atoms with Crippen molar-refractivity contribution in [1.82, 2.24) is 9.78 Å². The highest BCUT2D eigenvalue weighted by atomic mass is 32.1. The van der Waals surface area contributed by atoms with Gasteiger partial charge < -0.3 is 11.1 Å². The Balaban J connectivity index is 1.73. The Kier molecular flexibility index (Phi) is 2.62. The second-order valence-corrected chi connectivity index (χ2v) is 5.75. The number of nitrogens with one attached hydrogen (secondary N) is 1. The van der Waals surface area contributed by atoms with Gasteiger partial charge in [-0.1, -0.05) is 12.2 Å². The van der Waals surface area contributed by atoms with Gasteiger partial charge in [-0.3, -0.25) is 9.48 Å². The molecule has 1 amide bonds. The molecule has 0 saturated heterocycles. The molecule has 5 nitrogen and oxygen atoms in total. The molecule has 1 heterocycles. The Morgan fingerprint density at radius 1 is 1.50 bits per heavy atom. The standard InChI is InChI=1S/C12H16N4OS/c1-16-11(9(5-14-16)10(13)18)15-12(17)8-3-6-2-7(6)4-8/h5-8H,2-4H2,1H3,(H2,13,18)(H,15,17). The topological polar surface area (TPSA) is 72.9 Å². The van der Waals surface area contributed by atoms with Gasteiger partial charge in [0.15, 0.2) is 0 Å². The average molecular weight is 264 g/mol. The highest BCUT2D eigenvalue weighted by Gasteiger charge is 2.48. The summed E-state index contributed by atoms with van der Waals surface area (Å²) < 4.78 is 1.60. The number of hydrogen-bond acceptors (Lipinski definition) is 3. The zero-order chi connectivity index (χ0) is 12.9. The van der Waals surface area contributed by atoms with Crippen molar-refractivity contribution in [2.24, 2.45) is 30.5 Å². The fourth-order valence-electron chi connectivity index (χ4n) is 2.91. The number of aromatic nitrogens is 2. The number of aryl methyl sites for hydroxylation is 1. The molecule has 0 bridgehead atoms. The van der Waals surface area contributed by atoms with Crippen LogP contribution in [0.3, 0.4) is 0 Å². The molecule has 0 radical (unpaired) electrons. The van der Waals surface area contributed by atoms with Crippen molar-refractivity contribution < 1.29 is 4.79 Å². The van der Waals surface area contributed by atoms with E-state index in [1.807, 2.05) is 0 Å². The monoisotopic (exact) mass is 264 g/mol. The van der Waals surface area contributed by atoms with Crippen LogP contribution >= 0.6 is 12.2 Å². The Bertz CT molecular complexity index is 514. The van der Waals surface area contributed by atoms with E-state index in [9.17, 15) is 4.79 Å². The first-order valence-corrected chi connectivity index (χ1v) is 6.59. The van der Waals surface area contributed by atoms with Gasteiger partial charge in [0, 0.05) is 13.0 Å². The van der Waals surface area contributed by atoms with Crippen molar-refractivity contribution >= 4 is 28.9 Å². The molecule has 2 unspecified atom stereocenters. The normalized spacial score (nSPS) is 28.8. The summed E-state index contributed by atoms with van der Waals surface area (Å²) in [4.78, 5) is 12.4. The minimum absolute atomic E-state index is 0.0725. The zero-order valence-corrected chi connectivity index (χ0v) is 11.0. The lowest BCUT2D eigenvalue weighted by atomic mass is 10.0. The molecule has 2 aliphatic rings. The van der Waals surface area contributed by atoms with Crippen LogP contribution in [-0.4, -0.2) is 20.7 Å². The number of thiocarbonyl (C=S) groups is 1. The lowest BCUT2D eigenvalue weighted by molar-refractivity contribution is -0.120. The molecule has 3 N–H and O–H groups in total. The number of fused-ring (bicyclic) bond motifs is 1. The number of hydrogen-bond donors (Lipinski definition) is 2. The van der Waals surface area contributed by atoms with Crippen LogP contribution in [0.25, 0.3) is 0 Å². The number of amides is 1. The minimum atomic E-state index is 0.0725. The van der Waals surface area contributed by atoms with Gasteiger partial charge in [-0.05, 0) is 31.1 Å². The molecule has 0 aromatic carbocycles. The van der Waals surface area contributed by atoms with E-state index < -0.39 is 0 Å². The summed E-state index contributed by atoms with van der Waals surface area (Å²) in [5.74, 6) is 2.41. The van der Waals surface area contributed by atoms with Gasteiger partial charge in [0.2, 0.25) is 5.91 Å². The van der Waals surface area contributed by atoms with Crippen LogP contribution in [0.5, 0.6) is 0 Å². The van der Waals surface area contributed by atoms with E-state index in [4.69, 9.17) is 18.0 Å². The summed E-state index contributed by atoms with van der Waals surface area (Å²) in [6.07, 6.45) is 4.95. The fourth-order valence-corrected chi connectivity index (χ4v) is 3.06. The quantitative estimate of drug-likeness (QED) is 0.800. The lowest BCUT2D eigenvalue weighted by Crippen LogP contribution is -2.24. The van der Waals surface area contributed by atoms with Crippen LogP contribution in [-0.2, 0) is 11.8 Å². The van der Waals surface area contributed by atoms with E-state index in [0.29, 0.717) is 11.4 Å². The van der Waals surface area contributed by atoms with Gasteiger partial charge in [0.05, 0.1) is 11.8 Å². The van der Waals surface area contributed by atoms with E-state index >= 15 is 0 Å².